The number of nitrogens with two attached hydrogens (primary N) is 1. The van der Waals surface area contributed by atoms with E-state index >= 15 is 0 Å². The molecule has 3 nitrogen and oxygen atoms in total. The van der Waals surface area contributed by atoms with Gasteiger partial charge in [0.25, 0.3) is 0 Å². The van der Waals surface area contributed by atoms with E-state index in [2.05, 4.69) is 38.9 Å². The Bertz CT molecular complexity index is 552. The van der Waals surface area contributed by atoms with Gasteiger partial charge >= 0.3 is 0 Å². The molecule has 0 radical (unpaired) electrons. The van der Waals surface area contributed by atoms with Crippen LogP contribution in [0.15, 0.2) is 28.7 Å². The molecule has 0 unspecified atom stereocenters. The standard InChI is InChI=1S/C13H14BrN3/c1-8-3-4-11(12(14)5-8)13-16-9(2)6-10(7-15)17-13/h3-6H,7,15H2,1-2H3. The molecule has 0 aliphatic rings. The Morgan fingerprint density at radius 3 is 2.59 bits per heavy atom. The van der Waals surface area contributed by atoms with Crippen molar-refractivity contribution in [2.75, 3.05) is 0 Å². The summed E-state index contributed by atoms with van der Waals surface area (Å²) in [6.07, 6.45) is 0. The summed E-state index contributed by atoms with van der Waals surface area (Å²) in [4.78, 5) is 8.89. The number of aromatic nitrogens is 2. The van der Waals surface area contributed by atoms with E-state index in [0.717, 1.165) is 27.2 Å². The summed E-state index contributed by atoms with van der Waals surface area (Å²) in [7, 11) is 0. The van der Waals surface area contributed by atoms with Gasteiger partial charge in [-0.3, -0.25) is 0 Å². The summed E-state index contributed by atoms with van der Waals surface area (Å²) < 4.78 is 1.01. The lowest BCUT2D eigenvalue weighted by Crippen LogP contribution is -2.03. The van der Waals surface area contributed by atoms with Crippen LogP contribution < -0.4 is 5.73 Å². The van der Waals surface area contributed by atoms with Crippen LogP contribution in [0, 0.1) is 13.8 Å². The summed E-state index contributed by atoms with van der Waals surface area (Å²) in [6, 6.07) is 8.04. The molecule has 2 N–H and O–H groups in total. The van der Waals surface area contributed by atoms with Crippen molar-refractivity contribution < 1.29 is 0 Å². The van der Waals surface area contributed by atoms with Crippen molar-refractivity contribution in [1.82, 2.24) is 9.97 Å². The molecule has 0 fully saturated rings. The van der Waals surface area contributed by atoms with Gasteiger partial charge in [0.1, 0.15) is 0 Å². The van der Waals surface area contributed by atoms with Gasteiger partial charge < -0.3 is 5.73 Å². The maximum atomic E-state index is 5.63. The minimum atomic E-state index is 0.430. The maximum Gasteiger partial charge on any atom is 0.160 e. The highest BCUT2D eigenvalue weighted by Gasteiger charge is 2.08. The first-order valence-corrected chi connectivity index (χ1v) is 6.20. The molecule has 0 bridgehead atoms. The predicted octanol–water partition coefficient (Wildman–Crippen LogP) is 2.98. The SMILES string of the molecule is Cc1ccc(-c2nc(C)cc(CN)n2)c(Br)c1. The van der Waals surface area contributed by atoms with Crippen molar-refractivity contribution in [2.45, 2.75) is 20.4 Å². The number of rotatable bonds is 2. The van der Waals surface area contributed by atoms with Gasteiger partial charge in [-0.15, -0.1) is 0 Å². The van der Waals surface area contributed by atoms with E-state index in [9.17, 15) is 0 Å². The summed E-state index contributed by atoms with van der Waals surface area (Å²) in [5.74, 6) is 0.720. The first kappa shape index (κ1) is 12.2. The summed E-state index contributed by atoms with van der Waals surface area (Å²) in [5.41, 5.74) is 9.62. The van der Waals surface area contributed by atoms with Crippen LogP contribution in [0.3, 0.4) is 0 Å². The van der Waals surface area contributed by atoms with Crippen molar-refractivity contribution in [3.63, 3.8) is 0 Å². The Hall–Kier alpha value is -1.26. The Kier molecular flexibility index (Phi) is 3.54. The molecule has 0 aliphatic heterocycles. The molecule has 2 rings (SSSR count). The predicted molar refractivity (Wildman–Crippen MR) is 72.5 cm³/mol. The van der Waals surface area contributed by atoms with Gasteiger partial charge in [-0.2, -0.15) is 0 Å². The monoisotopic (exact) mass is 291 g/mol. The van der Waals surface area contributed by atoms with Crippen molar-refractivity contribution in [1.29, 1.82) is 0 Å². The van der Waals surface area contributed by atoms with Crippen LogP contribution in [0.25, 0.3) is 11.4 Å². The third kappa shape index (κ3) is 2.70. The topological polar surface area (TPSA) is 51.8 Å². The van der Waals surface area contributed by atoms with Crippen molar-refractivity contribution in [3.8, 4) is 11.4 Å². The number of aryl methyl sites for hydroxylation is 2. The molecule has 1 aromatic heterocycles. The highest BCUT2D eigenvalue weighted by Crippen LogP contribution is 2.26. The van der Waals surface area contributed by atoms with Crippen molar-refractivity contribution in [2.24, 2.45) is 5.73 Å². The van der Waals surface area contributed by atoms with Gasteiger partial charge in [-0.25, -0.2) is 9.97 Å². The molecule has 0 aliphatic carbocycles. The maximum absolute atomic E-state index is 5.63. The molecule has 0 saturated heterocycles. The summed E-state index contributed by atoms with van der Waals surface area (Å²) in [6.45, 7) is 4.43. The fraction of sp³-hybridized carbons (Fsp3) is 0.231. The Morgan fingerprint density at radius 1 is 1.18 bits per heavy atom. The minimum absolute atomic E-state index is 0.430. The molecule has 0 atom stereocenters. The van der Waals surface area contributed by atoms with Gasteiger partial charge in [0.05, 0.1) is 5.69 Å². The largest absolute Gasteiger partial charge is 0.325 e. The summed E-state index contributed by atoms with van der Waals surface area (Å²) >= 11 is 3.54. The van der Waals surface area contributed by atoms with Crippen molar-refractivity contribution in [3.05, 3.63) is 45.7 Å². The molecular formula is C13H14BrN3. The van der Waals surface area contributed by atoms with Crippen LogP contribution in [-0.2, 0) is 6.54 Å². The lowest BCUT2D eigenvalue weighted by Gasteiger charge is -2.07. The molecule has 4 heteroatoms. The molecule has 88 valence electrons. The van der Waals surface area contributed by atoms with Crippen LogP contribution in [0.1, 0.15) is 17.0 Å². The van der Waals surface area contributed by atoms with Gasteiger partial charge in [-0.05, 0) is 37.6 Å². The molecule has 0 amide bonds. The molecule has 0 saturated carbocycles. The van der Waals surface area contributed by atoms with E-state index in [1.165, 1.54) is 5.56 Å². The van der Waals surface area contributed by atoms with Crippen LogP contribution in [0.2, 0.25) is 0 Å². The third-order valence-corrected chi connectivity index (χ3v) is 3.14. The van der Waals surface area contributed by atoms with E-state index in [1.807, 2.05) is 25.1 Å². The first-order valence-electron chi connectivity index (χ1n) is 5.41. The van der Waals surface area contributed by atoms with E-state index in [0.29, 0.717) is 6.54 Å². The zero-order chi connectivity index (χ0) is 12.4. The second-order valence-corrected chi connectivity index (χ2v) is 4.87. The molecule has 2 aromatic rings. The fourth-order valence-corrected chi connectivity index (χ4v) is 2.33. The van der Waals surface area contributed by atoms with Gasteiger partial charge in [0.2, 0.25) is 0 Å². The quantitative estimate of drug-likeness (QED) is 0.925. The zero-order valence-electron chi connectivity index (χ0n) is 9.87. The van der Waals surface area contributed by atoms with E-state index in [-0.39, 0.29) is 0 Å². The average Bonchev–Trinajstić information content (AvgIpc) is 2.28. The van der Waals surface area contributed by atoms with E-state index in [1.54, 1.807) is 0 Å². The van der Waals surface area contributed by atoms with E-state index < -0.39 is 0 Å². The van der Waals surface area contributed by atoms with Crippen LogP contribution >= 0.6 is 15.9 Å². The average molecular weight is 292 g/mol. The number of hydrogen-bond acceptors (Lipinski definition) is 3. The third-order valence-electron chi connectivity index (χ3n) is 2.48. The molecule has 17 heavy (non-hydrogen) atoms. The normalized spacial score (nSPS) is 10.6. The first-order chi connectivity index (χ1) is 8.10. The number of halogens is 1. The second-order valence-electron chi connectivity index (χ2n) is 4.01. The number of nitrogens with zero attached hydrogens (tertiary/aromatic N) is 2. The van der Waals surface area contributed by atoms with Gasteiger partial charge in [0.15, 0.2) is 5.82 Å². The highest BCUT2D eigenvalue weighted by atomic mass is 79.9. The minimum Gasteiger partial charge on any atom is -0.325 e. The molecule has 1 aromatic carbocycles. The van der Waals surface area contributed by atoms with Crippen LogP contribution in [0.5, 0.6) is 0 Å². The van der Waals surface area contributed by atoms with Crippen molar-refractivity contribution >= 4 is 15.9 Å². The molecule has 0 spiro atoms. The number of hydrogen-bond donors (Lipinski definition) is 1. The zero-order valence-corrected chi connectivity index (χ0v) is 11.5. The number of benzene rings is 1. The molecule has 1 heterocycles. The second kappa shape index (κ2) is 4.94. The smallest absolute Gasteiger partial charge is 0.160 e. The Morgan fingerprint density at radius 2 is 1.94 bits per heavy atom. The Labute approximate surface area is 109 Å². The fourth-order valence-electron chi connectivity index (χ4n) is 1.66. The Balaban J connectivity index is 2.55. The lowest BCUT2D eigenvalue weighted by atomic mass is 10.1. The van der Waals surface area contributed by atoms with Gasteiger partial charge in [0, 0.05) is 22.3 Å². The van der Waals surface area contributed by atoms with Gasteiger partial charge in [-0.1, -0.05) is 22.0 Å². The molecular weight excluding hydrogens is 278 g/mol. The highest BCUT2D eigenvalue weighted by molar-refractivity contribution is 9.10. The summed E-state index contributed by atoms with van der Waals surface area (Å²) in [5, 5.41) is 0. The van der Waals surface area contributed by atoms with E-state index in [4.69, 9.17) is 5.73 Å². The van der Waals surface area contributed by atoms with Crippen LogP contribution in [0.4, 0.5) is 0 Å². The van der Waals surface area contributed by atoms with Crippen LogP contribution in [-0.4, -0.2) is 9.97 Å². The lowest BCUT2D eigenvalue weighted by molar-refractivity contribution is 0.953.